The SMILES string of the molecule is CC1CC=CC2=C1C1C(=CC=C(c3c4ccccc4cc4c(-c5ccc6c(c5)C(C)(C)c5cc7c(cc5-6)Oc5ccccc5O7)cccc34)C1C)O2. The summed E-state index contributed by atoms with van der Waals surface area (Å²) in [5.74, 6) is 6.22. The summed E-state index contributed by atoms with van der Waals surface area (Å²) < 4.78 is 19.2. The van der Waals surface area contributed by atoms with Crippen molar-refractivity contribution in [2.24, 2.45) is 17.8 Å². The van der Waals surface area contributed by atoms with Crippen molar-refractivity contribution < 1.29 is 14.2 Å². The van der Waals surface area contributed by atoms with Gasteiger partial charge in [-0.15, -0.1) is 0 Å². The zero-order valence-electron chi connectivity index (χ0n) is 29.8. The predicted octanol–water partition coefficient (Wildman–Crippen LogP) is 13.3. The van der Waals surface area contributed by atoms with Crippen LogP contribution >= 0.6 is 0 Å². The second-order valence-electron chi connectivity index (χ2n) is 15.7. The molecule has 2 heterocycles. The quantitative estimate of drug-likeness (QED) is 0.171. The molecule has 0 fully saturated rings. The van der Waals surface area contributed by atoms with Crippen LogP contribution in [0.5, 0.6) is 23.0 Å². The number of rotatable bonds is 2. The Morgan fingerprint density at radius 3 is 2.21 bits per heavy atom. The van der Waals surface area contributed by atoms with E-state index in [1.165, 1.54) is 71.6 Å². The molecule has 0 saturated heterocycles. The van der Waals surface area contributed by atoms with E-state index in [2.05, 4.69) is 131 Å². The molecule has 0 N–H and O–H groups in total. The van der Waals surface area contributed by atoms with Crippen LogP contribution in [0.3, 0.4) is 0 Å². The molecular weight excluding hydrogens is 637 g/mol. The van der Waals surface area contributed by atoms with E-state index in [-0.39, 0.29) is 17.3 Å². The molecule has 11 rings (SSSR count). The molecule has 3 nitrogen and oxygen atoms in total. The third-order valence-electron chi connectivity index (χ3n) is 12.4. The lowest BCUT2D eigenvalue weighted by molar-refractivity contribution is 0.303. The number of ether oxygens (including phenoxy) is 3. The Labute approximate surface area is 304 Å². The lowest BCUT2D eigenvalue weighted by Gasteiger charge is -2.31. The molecule has 252 valence electrons. The third-order valence-corrected chi connectivity index (χ3v) is 12.4. The fourth-order valence-electron chi connectivity index (χ4n) is 9.79. The van der Waals surface area contributed by atoms with E-state index in [1.54, 1.807) is 0 Å². The lowest BCUT2D eigenvalue weighted by Crippen LogP contribution is -2.21. The monoisotopic (exact) mass is 674 g/mol. The Bertz CT molecular complexity index is 2700. The van der Waals surface area contributed by atoms with Gasteiger partial charge in [-0.25, -0.2) is 0 Å². The summed E-state index contributed by atoms with van der Waals surface area (Å²) in [6.45, 7) is 9.41. The van der Waals surface area contributed by atoms with Crippen LogP contribution in [-0.2, 0) is 10.2 Å². The normalized spacial score (nSPS) is 21.5. The first-order valence-corrected chi connectivity index (χ1v) is 18.6. The smallest absolute Gasteiger partial charge is 0.170 e. The van der Waals surface area contributed by atoms with Crippen LogP contribution in [0, 0.1) is 17.8 Å². The molecule has 6 aromatic carbocycles. The molecular formula is C49H38O3. The molecule has 0 radical (unpaired) electrons. The van der Waals surface area contributed by atoms with Crippen LogP contribution in [-0.4, -0.2) is 0 Å². The largest absolute Gasteiger partial charge is 0.461 e. The molecule has 0 amide bonds. The Morgan fingerprint density at radius 1 is 0.615 bits per heavy atom. The number of hydrogen-bond acceptors (Lipinski definition) is 3. The maximum absolute atomic E-state index is 6.46. The second kappa shape index (κ2) is 10.6. The number of fused-ring (bicyclic) bond motifs is 9. The number of allylic oxidation sites excluding steroid dienone is 6. The molecule has 0 aromatic heterocycles. The minimum Gasteiger partial charge on any atom is -0.461 e. The Morgan fingerprint density at radius 2 is 1.37 bits per heavy atom. The molecule has 3 aliphatic carbocycles. The average Bonchev–Trinajstić information content (AvgIpc) is 3.65. The molecule has 2 aliphatic heterocycles. The van der Waals surface area contributed by atoms with Gasteiger partial charge in [0.1, 0.15) is 11.5 Å². The van der Waals surface area contributed by atoms with Crippen molar-refractivity contribution in [1.29, 1.82) is 0 Å². The zero-order valence-corrected chi connectivity index (χ0v) is 29.8. The molecule has 3 heteroatoms. The highest BCUT2D eigenvalue weighted by Crippen LogP contribution is 2.56. The summed E-state index contributed by atoms with van der Waals surface area (Å²) in [5, 5.41) is 5.13. The Hall–Kier alpha value is -5.80. The maximum atomic E-state index is 6.46. The Balaban J connectivity index is 1.05. The molecule has 52 heavy (non-hydrogen) atoms. The van der Waals surface area contributed by atoms with Crippen molar-refractivity contribution in [3.63, 3.8) is 0 Å². The third kappa shape index (κ3) is 4.08. The summed E-state index contributed by atoms with van der Waals surface area (Å²) in [7, 11) is 0. The molecule has 3 unspecified atom stereocenters. The van der Waals surface area contributed by atoms with Gasteiger partial charge in [-0.1, -0.05) is 107 Å². The van der Waals surface area contributed by atoms with Crippen LogP contribution < -0.4 is 9.47 Å². The van der Waals surface area contributed by atoms with E-state index < -0.39 is 0 Å². The molecule has 3 atom stereocenters. The van der Waals surface area contributed by atoms with Crippen molar-refractivity contribution in [2.75, 3.05) is 0 Å². The lowest BCUT2D eigenvalue weighted by atomic mass is 9.71. The highest BCUT2D eigenvalue weighted by Gasteiger charge is 2.42. The van der Waals surface area contributed by atoms with Gasteiger partial charge in [0.15, 0.2) is 23.0 Å². The van der Waals surface area contributed by atoms with Crippen LogP contribution in [0.15, 0.2) is 145 Å². The molecule has 6 aromatic rings. The molecule has 5 aliphatic rings. The number of benzene rings is 6. The maximum Gasteiger partial charge on any atom is 0.170 e. The summed E-state index contributed by atoms with van der Waals surface area (Å²) in [6.07, 6.45) is 10.1. The summed E-state index contributed by atoms with van der Waals surface area (Å²) in [4.78, 5) is 0. The second-order valence-corrected chi connectivity index (χ2v) is 15.7. The van der Waals surface area contributed by atoms with Crippen molar-refractivity contribution in [2.45, 2.75) is 39.5 Å². The van der Waals surface area contributed by atoms with Gasteiger partial charge >= 0.3 is 0 Å². The predicted molar refractivity (Wildman–Crippen MR) is 211 cm³/mol. The topological polar surface area (TPSA) is 27.7 Å². The molecule has 0 bridgehead atoms. The van der Waals surface area contributed by atoms with Gasteiger partial charge in [0.05, 0.1) is 0 Å². The fraction of sp³-hybridized carbons (Fsp3) is 0.184. The van der Waals surface area contributed by atoms with Gasteiger partial charge < -0.3 is 14.2 Å². The van der Waals surface area contributed by atoms with Gasteiger partial charge in [-0.05, 0) is 138 Å². The summed E-state index contributed by atoms with van der Waals surface area (Å²) in [6, 6.07) is 37.4. The minimum absolute atomic E-state index is 0.215. The van der Waals surface area contributed by atoms with Gasteiger partial charge in [-0.3, -0.25) is 0 Å². The van der Waals surface area contributed by atoms with Gasteiger partial charge in [0, 0.05) is 11.3 Å². The standard InChI is InChI=1S/C49H38O3/c1-27-11-9-18-42-46(27)47-28(2)31(21-22-43(47)52-42)48-33-13-6-5-12-29(33)23-36-32(14-10-15-35(36)48)30-19-20-34-37-25-44-45(26-39(37)49(3,4)38(34)24-30)51-41-17-8-7-16-40(41)50-44/h5-10,12-28,47H,11H2,1-4H3. The van der Waals surface area contributed by atoms with Crippen LogP contribution in [0.1, 0.15) is 50.8 Å². The van der Waals surface area contributed by atoms with E-state index in [9.17, 15) is 0 Å². The minimum atomic E-state index is -0.215. The van der Waals surface area contributed by atoms with Crippen LogP contribution in [0.2, 0.25) is 0 Å². The van der Waals surface area contributed by atoms with E-state index in [4.69, 9.17) is 14.2 Å². The first-order valence-electron chi connectivity index (χ1n) is 18.6. The fourth-order valence-corrected chi connectivity index (χ4v) is 9.79. The number of para-hydroxylation sites is 2. The van der Waals surface area contributed by atoms with Crippen LogP contribution in [0.4, 0.5) is 0 Å². The first-order chi connectivity index (χ1) is 25.3. The molecule has 0 saturated carbocycles. The highest BCUT2D eigenvalue weighted by molar-refractivity contribution is 6.13. The Kier molecular flexibility index (Phi) is 6.10. The van der Waals surface area contributed by atoms with E-state index in [1.807, 2.05) is 24.3 Å². The van der Waals surface area contributed by atoms with Crippen molar-refractivity contribution >= 4 is 27.1 Å². The van der Waals surface area contributed by atoms with Gasteiger partial charge in [0.25, 0.3) is 0 Å². The average molecular weight is 675 g/mol. The molecule has 0 spiro atoms. The van der Waals surface area contributed by atoms with Crippen molar-refractivity contribution in [3.8, 4) is 45.3 Å². The van der Waals surface area contributed by atoms with Crippen molar-refractivity contribution in [1.82, 2.24) is 0 Å². The van der Waals surface area contributed by atoms with Crippen molar-refractivity contribution in [3.05, 3.63) is 161 Å². The number of hydrogen-bond donors (Lipinski definition) is 0. The highest BCUT2D eigenvalue weighted by atomic mass is 16.6. The van der Waals surface area contributed by atoms with Gasteiger partial charge in [0.2, 0.25) is 0 Å². The van der Waals surface area contributed by atoms with Crippen LogP contribution in [0.25, 0.3) is 49.4 Å². The van der Waals surface area contributed by atoms with E-state index in [0.717, 1.165) is 40.9 Å². The zero-order chi connectivity index (χ0) is 34.9. The van der Waals surface area contributed by atoms with E-state index in [0.29, 0.717) is 5.92 Å². The van der Waals surface area contributed by atoms with Gasteiger partial charge in [-0.2, -0.15) is 0 Å². The van der Waals surface area contributed by atoms with E-state index >= 15 is 0 Å². The first kappa shape index (κ1) is 29.9. The summed E-state index contributed by atoms with van der Waals surface area (Å²) >= 11 is 0. The summed E-state index contributed by atoms with van der Waals surface area (Å²) in [5.41, 5.74) is 11.5.